The SMILES string of the molecule is CCCOc1c(Cl)cc(C(=O)Nc2ccccc2C(=O)NCCC(N)=O)cc1OC. The molecule has 2 rings (SSSR count). The molecule has 0 aromatic heterocycles. The summed E-state index contributed by atoms with van der Waals surface area (Å²) >= 11 is 6.27. The monoisotopic (exact) mass is 433 g/mol. The fourth-order valence-electron chi connectivity index (χ4n) is 2.57. The van der Waals surface area contributed by atoms with Gasteiger partial charge < -0.3 is 25.8 Å². The van der Waals surface area contributed by atoms with E-state index in [1.165, 1.54) is 19.2 Å². The number of para-hydroxylation sites is 1. The van der Waals surface area contributed by atoms with Crippen molar-refractivity contribution in [3.05, 3.63) is 52.5 Å². The van der Waals surface area contributed by atoms with Crippen LogP contribution in [0, 0.1) is 0 Å². The van der Waals surface area contributed by atoms with E-state index in [9.17, 15) is 14.4 Å². The highest BCUT2D eigenvalue weighted by atomic mass is 35.5. The van der Waals surface area contributed by atoms with Crippen molar-refractivity contribution >= 4 is 35.0 Å². The molecule has 2 aromatic rings. The Morgan fingerprint density at radius 3 is 2.53 bits per heavy atom. The summed E-state index contributed by atoms with van der Waals surface area (Å²) in [6.45, 7) is 2.52. The lowest BCUT2D eigenvalue weighted by atomic mass is 10.1. The van der Waals surface area contributed by atoms with Crippen LogP contribution in [0.5, 0.6) is 11.5 Å². The molecule has 8 nitrogen and oxygen atoms in total. The molecule has 2 aromatic carbocycles. The summed E-state index contributed by atoms with van der Waals surface area (Å²) in [7, 11) is 1.46. The smallest absolute Gasteiger partial charge is 0.255 e. The first-order valence-corrected chi connectivity index (χ1v) is 9.72. The lowest BCUT2D eigenvalue weighted by Crippen LogP contribution is -2.28. The van der Waals surface area contributed by atoms with Crippen LogP contribution in [0.3, 0.4) is 0 Å². The zero-order valence-electron chi connectivity index (χ0n) is 16.8. The number of primary amides is 1. The number of benzene rings is 2. The zero-order valence-corrected chi connectivity index (χ0v) is 17.5. The van der Waals surface area contributed by atoms with Crippen LogP contribution < -0.4 is 25.8 Å². The Balaban J connectivity index is 2.21. The van der Waals surface area contributed by atoms with Gasteiger partial charge in [0.05, 0.1) is 30.0 Å². The van der Waals surface area contributed by atoms with Crippen molar-refractivity contribution in [2.24, 2.45) is 5.73 Å². The number of amides is 3. The van der Waals surface area contributed by atoms with E-state index in [1.807, 2.05) is 6.92 Å². The topological polar surface area (TPSA) is 120 Å². The van der Waals surface area contributed by atoms with Crippen LogP contribution in [0.15, 0.2) is 36.4 Å². The predicted molar refractivity (Wildman–Crippen MR) is 114 cm³/mol. The van der Waals surface area contributed by atoms with Crippen molar-refractivity contribution in [1.29, 1.82) is 0 Å². The molecule has 0 radical (unpaired) electrons. The zero-order chi connectivity index (χ0) is 22.1. The van der Waals surface area contributed by atoms with Crippen LogP contribution in [0.25, 0.3) is 0 Å². The van der Waals surface area contributed by atoms with Gasteiger partial charge in [-0.15, -0.1) is 0 Å². The summed E-state index contributed by atoms with van der Waals surface area (Å²) in [6.07, 6.45) is 0.811. The van der Waals surface area contributed by atoms with Crippen LogP contribution in [-0.4, -0.2) is 38.0 Å². The van der Waals surface area contributed by atoms with Gasteiger partial charge in [0.15, 0.2) is 11.5 Å². The molecule has 160 valence electrons. The lowest BCUT2D eigenvalue weighted by molar-refractivity contribution is -0.117. The number of nitrogens with two attached hydrogens (primary N) is 1. The highest BCUT2D eigenvalue weighted by Crippen LogP contribution is 2.36. The van der Waals surface area contributed by atoms with Crippen LogP contribution in [0.1, 0.15) is 40.5 Å². The average Bonchev–Trinajstić information content (AvgIpc) is 2.72. The van der Waals surface area contributed by atoms with Crippen molar-refractivity contribution in [3.8, 4) is 11.5 Å². The standard InChI is InChI=1S/C21H24ClN3O5/c1-3-10-30-19-15(22)11-13(12-17(19)29-2)20(27)25-16-7-5-4-6-14(16)21(28)24-9-8-18(23)26/h4-7,11-12H,3,8-10H2,1-2H3,(H2,23,26)(H,24,28)(H,25,27). The van der Waals surface area contributed by atoms with Gasteiger partial charge in [-0.1, -0.05) is 30.7 Å². The minimum atomic E-state index is -0.519. The molecule has 3 amide bonds. The van der Waals surface area contributed by atoms with Gasteiger partial charge in [0, 0.05) is 18.5 Å². The fraction of sp³-hybridized carbons (Fsp3) is 0.286. The maximum absolute atomic E-state index is 12.8. The Labute approximate surface area is 179 Å². The third kappa shape index (κ3) is 6.12. The number of nitrogens with one attached hydrogen (secondary N) is 2. The predicted octanol–water partition coefficient (Wildman–Crippen LogP) is 2.99. The maximum atomic E-state index is 12.8. The van der Waals surface area contributed by atoms with Gasteiger partial charge in [-0.3, -0.25) is 14.4 Å². The van der Waals surface area contributed by atoms with E-state index >= 15 is 0 Å². The molecule has 0 unspecified atom stereocenters. The highest BCUT2D eigenvalue weighted by molar-refractivity contribution is 6.32. The Morgan fingerprint density at radius 1 is 1.13 bits per heavy atom. The Hall–Kier alpha value is -3.26. The summed E-state index contributed by atoms with van der Waals surface area (Å²) in [5, 5.41) is 5.53. The number of hydrogen-bond acceptors (Lipinski definition) is 5. The number of anilines is 1. The maximum Gasteiger partial charge on any atom is 0.255 e. The normalized spacial score (nSPS) is 10.2. The second-order valence-electron chi connectivity index (χ2n) is 6.31. The third-order valence-electron chi connectivity index (χ3n) is 4.02. The van der Waals surface area contributed by atoms with Crippen molar-refractivity contribution < 1.29 is 23.9 Å². The minimum Gasteiger partial charge on any atom is -0.493 e. The van der Waals surface area contributed by atoms with E-state index in [-0.39, 0.29) is 29.1 Å². The molecule has 0 heterocycles. The molecule has 4 N–H and O–H groups in total. The van der Waals surface area contributed by atoms with E-state index < -0.39 is 17.7 Å². The van der Waals surface area contributed by atoms with Gasteiger partial charge in [0.25, 0.3) is 11.8 Å². The molecule has 0 aliphatic carbocycles. The second-order valence-corrected chi connectivity index (χ2v) is 6.72. The number of hydrogen-bond donors (Lipinski definition) is 3. The van der Waals surface area contributed by atoms with Gasteiger partial charge in [-0.25, -0.2) is 0 Å². The van der Waals surface area contributed by atoms with Gasteiger partial charge >= 0.3 is 0 Å². The molecular formula is C21H24ClN3O5. The summed E-state index contributed by atoms with van der Waals surface area (Å²) in [5.74, 6) is -0.736. The quantitative estimate of drug-likeness (QED) is 0.532. The molecule has 30 heavy (non-hydrogen) atoms. The number of ether oxygens (including phenoxy) is 2. The molecule has 0 saturated carbocycles. The number of halogens is 1. The van der Waals surface area contributed by atoms with E-state index in [2.05, 4.69) is 10.6 Å². The van der Waals surface area contributed by atoms with Crippen LogP contribution in [-0.2, 0) is 4.79 Å². The molecular weight excluding hydrogens is 410 g/mol. The molecule has 0 atom stereocenters. The number of rotatable bonds is 10. The van der Waals surface area contributed by atoms with Crippen molar-refractivity contribution in [1.82, 2.24) is 5.32 Å². The molecule has 0 aliphatic rings. The summed E-state index contributed by atoms with van der Waals surface area (Å²) in [4.78, 5) is 36.0. The number of carbonyl (C=O) groups excluding carboxylic acids is 3. The molecule has 9 heteroatoms. The van der Waals surface area contributed by atoms with Gasteiger partial charge in [0.1, 0.15) is 0 Å². The molecule has 0 spiro atoms. The molecule has 0 saturated heterocycles. The Morgan fingerprint density at radius 2 is 1.87 bits per heavy atom. The van der Waals surface area contributed by atoms with Crippen LogP contribution >= 0.6 is 11.6 Å². The number of methoxy groups -OCH3 is 1. The Bertz CT molecular complexity index is 933. The van der Waals surface area contributed by atoms with Gasteiger partial charge in [-0.05, 0) is 30.7 Å². The first kappa shape index (κ1) is 23.0. The Kier molecular flexibility index (Phi) is 8.49. The van der Waals surface area contributed by atoms with Crippen molar-refractivity contribution in [2.45, 2.75) is 19.8 Å². The van der Waals surface area contributed by atoms with Crippen molar-refractivity contribution in [2.75, 3.05) is 25.6 Å². The van der Waals surface area contributed by atoms with Crippen molar-refractivity contribution in [3.63, 3.8) is 0 Å². The van der Waals surface area contributed by atoms with E-state index in [0.717, 1.165) is 6.42 Å². The largest absolute Gasteiger partial charge is 0.493 e. The summed E-state index contributed by atoms with van der Waals surface area (Å²) < 4.78 is 10.9. The minimum absolute atomic E-state index is 0.0189. The van der Waals surface area contributed by atoms with E-state index in [4.69, 9.17) is 26.8 Å². The summed E-state index contributed by atoms with van der Waals surface area (Å²) in [5.41, 5.74) is 5.87. The summed E-state index contributed by atoms with van der Waals surface area (Å²) in [6, 6.07) is 9.49. The van der Waals surface area contributed by atoms with E-state index in [0.29, 0.717) is 23.8 Å². The fourth-order valence-corrected chi connectivity index (χ4v) is 2.84. The van der Waals surface area contributed by atoms with Crippen LogP contribution in [0.2, 0.25) is 5.02 Å². The molecule has 0 bridgehead atoms. The lowest BCUT2D eigenvalue weighted by Gasteiger charge is -2.15. The van der Waals surface area contributed by atoms with Crippen LogP contribution in [0.4, 0.5) is 5.69 Å². The number of carbonyl (C=O) groups is 3. The first-order chi connectivity index (χ1) is 14.4. The first-order valence-electron chi connectivity index (χ1n) is 9.34. The highest BCUT2D eigenvalue weighted by Gasteiger charge is 2.18. The van der Waals surface area contributed by atoms with Gasteiger partial charge in [-0.2, -0.15) is 0 Å². The van der Waals surface area contributed by atoms with Gasteiger partial charge in [0.2, 0.25) is 5.91 Å². The second kappa shape index (κ2) is 11.1. The van der Waals surface area contributed by atoms with E-state index in [1.54, 1.807) is 24.3 Å². The average molecular weight is 434 g/mol. The molecule has 0 fully saturated rings. The molecule has 0 aliphatic heterocycles. The third-order valence-corrected chi connectivity index (χ3v) is 4.30.